The number of esters is 1. The van der Waals surface area contributed by atoms with E-state index >= 15 is 0 Å². The molecule has 0 saturated carbocycles. The average Bonchev–Trinajstić information content (AvgIpc) is 2.93. The van der Waals surface area contributed by atoms with Gasteiger partial charge < -0.3 is 24.8 Å². The van der Waals surface area contributed by atoms with Crippen molar-refractivity contribution in [2.45, 2.75) is 26.7 Å². The number of anilines is 2. The highest BCUT2D eigenvalue weighted by Gasteiger charge is 2.11. The minimum Gasteiger partial charge on any atom is -0.457 e. The van der Waals surface area contributed by atoms with Crippen LogP contribution < -0.4 is 20.1 Å². The van der Waals surface area contributed by atoms with Crippen molar-refractivity contribution in [3.8, 4) is 23.0 Å². The monoisotopic (exact) mass is 538 g/mol. The molecule has 0 unspecified atom stereocenters. The van der Waals surface area contributed by atoms with Gasteiger partial charge in [-0.15, -0.1) is 0 Å². The first-order chi connectivity index (χ1) is 19.3. The highest BCUT2D eigenvalue weighted by atomic mass is 16.5. The van der Waals surface area contributed by atoms with Crippen molar-refractivity contribution in [2.75, 3.05) is 17.2 Å². The standard InChI is InChI=1S/C32H30N2O6/c1-22-18-23(2)20-29(19-22)40-28-14-8-24(9-15-28)33-30(35)16-17-32(37)38-21-31(36)34-25-10-12-27(13-11-25)39-26-6-4-3-5-7-26/h3-15,18-20H,16-17,21H2,1-2H3,(H,33,35)(H,34,36). The van der Waals surface area contributed by atoms with Crippen molar-refractivity contribution in [2.24, 2.45) is 0 Å². The number of carbonyl (C=O) groups is 3. The molecule has 0 aliphatic carbocycles. The number of para-hydroxylation sites is 1. The number of hydrogen-bond acceptors (Lipinski definition) is 6. The van der Waals surface area contributed by atoms with E-state index in [4.69, 9.17) is 14.2 Å². The summed E-state index contributed by atoms with van der Waals surface area (Å²) in [5, 5.41) is 5.38. The van der Waals surface area contributed by atoms with Crippen LogP contribution in [0.15, 0.2) is 97.1 Å². The highest BCUT2D eigenvalue weighted by molar-refractivity contribution is 5.94. The van der Waals surface area contributed by atoms with E-state index in [9.17, 15) is 14.4 Å². The fourth-order valence-corrected chi connectivity index (χ4v) is 3.82. The molecule has 0 radical (unpaired) electrons. The number of aryl methyl sites for hydroxylation is 2. The number of ether oxygens (including phenoxy) is 3. The lowest BCUT2D eigenvalue weighted by molar-refractivity contribution is -0.147. The zero-order chi connectivity index (χ0) is 28.3. The lowest BCUT2D eigenvalue weighted by Crippen LogP contribution is -2.21. The van der Waals surface area contributed by atoms with Crippen LogP contribution in [0.25, 0.3) is 0 Å². The predicted octanol–water partition coefficient (Wildman–Crippen LogP) is 6.79. The van der Waals surface area contributed by atoms with Crippen molar-refractivity contribution < 1.29 is 28.6 Å². The average molecular weight is 539 g/mol. The summed E-state index contributed by atoms with van der Waals surface area (Å²) >= 11 is 0. The van der Waals surface area contributed by atoms with E-state index in [1.807, 2.05) is 56.3 Å². The molecule has 2 N–H and O–H groups in total. The Hall–Kier alpha value is -5.11. The van der Waals surface area contributed by atoms with Crippen molar-refractivity contribution >= 4 is 29.2 Å². The van der Waals surface area contributed by atoms with Crippen LogP contribution in [0, 0.1) is 13.8 Å². The van der Waals surface area contributed by atoms with Crippen LogP contribution >= 0.6 is 0 Å². The third-order valence-corrected chi connectivity index (χ3v) is 5.61. The first-order valence-corrected chi connectivity index (χ1v) is 12.8. The zero-order valence-corrected chi connectivity index (χ0v) is 22.3. The third kappa shape index (κ3) is 9.02. The Labute approximate surface area is 232 Å². The smallest absolute Gasteiger partial charge is 0.306 e. The second-order valence-corrected chi connectivity index (χ2v) is 9.15. The van der Waals surface area contributed by atoms with Gasteiger partial charge in [0.05, 0.1) is 6.42 Å². The summed E-state index contributed by atoms with van der Waals surface area (Å²) < 4.78 is 16.6. The number of nitrogens with one attached hydrogen (secondary N) is 2. The quantitative estimate of drug-likeness (QED) is 0.204. The Morgan fingerprint density at radius 1 is 0.575 bits per heavy atom. The van der Waals surface area contributed by atoms with Crippen molar-refractivity contribution in [1.29, 1.82) is 0 Å². The lowest BCUT2D eigenvalue weighted by atomic mass is 10.1. The molecule has 0 atom stereocenters. The summed E-state index contributed by atoms with van der Waals surface area (Å²) in [5.74, 6) is 1.23. The summed E-state index contributed by atoms with van der Waals surface area (Å²) in [7, 11) is 0. The van der Waals surface area contributed by atoms with Crippen LogP contribution in [0.5, 0.6) is 23.0 Å². The molecule has 0 saturated heterocycles. The van der Waals surface area contributed by atoms with Gasteiger partial charge in [-0.05, 0) is 97.8 Å². The maximum absolute atomic E-state index is 12.3. The maximum Gasteiger partial charge on any atom is 0.306 e. The highest BCUT2D eigenvalue weighted by Crippen LogP contribution is 2.25. The second-order valence-electron chi connectivity index (χ2n) is 9.15. The first-order valence-electron chi connectivity index (χ1n) is 12.8. The third-order valence-electron chi connectivity index (χ3n) is 5.61. The Bertz CT molecular complexity index is 1430. The van der Waals surface area contributed by atoms with Crippen LogP contribution in [0.4, 0.5) is 11.4 Å². The summed E-state index contributed by atoms with van der Waals surface area (Å²) in [6.45, 7) is 3.56. The molecule has 8 nitrogen and oxygen atoms in total. The Kier molecular flexibility index (Phi) is 9.50. The van der Waals surface area contributed by atoms with Gasteiger partial charge in [-0.2, -0.15) is 0 Å². The molecule has 0 spiro atoms. The number of amides is 2. The molecule has 4 rings (SSSR count). The molecule has 2 amide bonds. The molecule has 8 heteroatoms. The van der Waals surface area contributed by atoms with E-state index in [0.29, 0.717) is 28.6 Å². The molecule has 40 heavy (non-hydrogen) atoms. The molecule has 0 aromatic heterocycles. The van der Waals surface area contributed by atoms with Gasteiger partial charge in [-0.25, -0.2) is 0 Å². The van der Waals surface area contributed by atoms with Crippen LogP contribution in [0.3, 0.4) is 0 Å². The van der Waals surface area contributed by atoms with Gasteiger partial charge in [-0.3, -0.25) is 14.4 Å². The van der Waals surface area contributed by atoms with Gasteiger partial charge in [0.15, 0.2) is 6.61 Å². The molecule has 0 bridgehead atoms. The van der Waals surface area contributed by atoms with Gasteiger partial charge in [0.1, 0.15) is 23.0 Å². The van der Waals surface area contributed by atoms with Crippen molar-refractivity contribution in [1.82, 2.24) is 0 Å². The summed E-state index contributed by atoms with van der Waals surface area (Å²) in [6.07, 6.45) is -0.233. The molecule has 204 valence electrons. The van der Waals surface area contributed by atoms with Crippen molar-refractivity contribution in [3.63, 3.8) is 0 Å². The summed E-state index contributed by atoms with van der Waals surface area (Å²) in [4.78, 5) is 36.4. The largest absolute Gasteiger partial charge is 0.457 e. The fourth-order valence-electron chi connectivity index (χ4n) is 3.82. The molecule has 4 aromatic rings. The zero-order valence-electron chi connectivity index (χ0n) is 22.3. The Morgan fingerprint density at radius 2 is 1.07 bits per heavy atom. The SMILES string of the molecule is Cc1cc(C)cc(Oc2ccc(NC(=O)CCC(=O)OCC(=O)Nc3ccc(Oc4ccccc4)cc3)cc2)c1. The van der Waals surface area contributed by atoms with Crippen molar-refractivity contribution in [3.05, 3.63) is 108 Å². The van der Waals surface area contributed by atoms with Gasteiger partial charge in [0.2, 0.25) is 5.91 Å². The molecule has 0 fully saturated rings. The number of carbonyl (C=O) groups excluding carboxylic acids is 3. The second kappa shape index (κ2) is 13.6. The van der Waals surface area contributed by atoms with E-state index in [1.54, 1.807) is 48.5 Å². The first kappa shape index (κ1) is 27.9. The van der Waals surface area contributed by atoms with Crippen LogP contribution in [-0.2, 0) is 19.1 Å². The van der Waals surface area contributed by atoms with E-state index < -0.39 is 18.5 Å². The van der Waals surface area contributed by atoms with Crippen LogP contribution in [0.2, 0.25) is 0 Å². The summed E-state index contributed by atoms with van der Waals surface area (Å²) in [5.41, 5.74) is 3.33. The Morgan fingerprint density at radius 3 is 1.65 bits per heavy atom. The summed E-state index contributed by atoms with van der Waals surface area (Å²) in [6, 6.07) is 29.1. The lowest BCUT2D eigenvalue weighted by Gasteiger charge is -2.10. The fraction of sp³-hybridized carbons (Fsp3) is 0.156. The molecule has 0 aliphatic heterocycles. The molecule has 0 heterocycles. The maximum atomic E-state index is 12.3. The van der Waals surface area contributed by atoms with Gasteiger partial charge in [0.25, 0.3) is 5.91 Å². The van der Waals surface area contributed by atoms with Crippen LogP contribution in [0.1, 0.15) is 24.0 Å². The molecular weight excluding hydrogens is 508 g/mol. The topological polar surface area (TPSA) is 103 Å². The number of benzene rings is 4. The van der Waals surface area contributed by atoms with Gasteiger partial charge in [0, 0.05) is 17.8 Å². The van der Waals surface area contributed by atoms with E-state index in [0.717, 1.165) is 16.9 Å². The van der Waals surface area contributed by atoms with E-state index in [2.05, 4.69) is 16.7 Å². The van der Waals surface area contributed by atoms with Gasteiger partial charge in [-0.1, -0.05) is 24.3 Å². The number of rotatable bonds is 11. The predicted molar refractivity (Wildman–Crippen MR) is 153 cm³/mol. The molecular formula is C32H30N2O6. The molecule has 0 aliphatic rings. The number of hydrogen-bond donors (Lipinski definition) is 2. The molecule has 4 aromatic carbocycles. The van der Waals surface area contributed by atoms with E-state index in [1.165, 1.54) is 0 Å². The van der Waals surface area contributed by atoms with Crippen LogP contribution in [-0.4, -0.2) is 24.4 Å². The Balaban J connectivity index is 1.14. The normalized spacial score (nSPS) is 10.3. The van der Waals surface area contributed by atoms with Gasteiger partial charge >= 0.3 is 5.97 Å². The minimum absolute atomic E-state index is 0.0792. The minimum atomic E-state index is -0.644. The van der Waals surface area contributed by atoms with E-state index in [-0.39, 0.29) is 18.7 Å².